The molecule has 2 heterocycles. The molecule has 3 rings (SSSR count). The average Bonchev–Trinajstić information content (AvgIpc) is 3.09. The van der Waals surface area contributed by atoms with Crippen molar-refractivity contribution in [3.05, 3.63) is 52.8 Å². The van der Waals surface area contributed by atoms with E-state index in [9.17, 15) is 4.39 Å². The predicted octanol–water partition coefficient (Wildman–Crippen LogP) is 3.55. The maximum atomic E-state index is 13.4. The molecule has 0 unspecified atom stereocenters. The van der Waals surface area contributed by atoms with Crippen LogP contribution in [-0.4, -0.2) is 10.1 Å². The Labute approximate surface area is 112 Å². The molecule has 3 aromatic rings. The molecule has 0 aliphatic carbocycles. The van der Waals surface area contributed by atoms with Crippen molar-refractivity contribution < 1.29 is 8.91 Å². The van der Waals surface area contributed by atoms with Gasteiger partial charge in [-0.2, -0.15) is 16.3 Å². The number of thiophene rings is 1. The van der Waals surface area contributed by atoms with Crippen molar-refractivity contribution in [1.29, 1.82) is 0 Å². The molecule has 2 aromatic heterocycles. The van der Waals surface area contributed by atoms with E-state index < -0.39 is 0 Å². The number of benzene rings is 1. The minimum absolute atomic E-state index is 0.290. The fraction of sp³-hybridized carbons (Fsp3) is 0.0769. The topological polar surface area (TPSA) is 51.0 Å². The van der Waals surface area contributed by atoms with Gasteiger partial charge >= 0.3 is 0 Å². The summed E-state index contributed by atoms with van der Waals surface area (Å²) in [5.41, 5.74) is 1.34. The van der Waals surface area contributed by atoms with E-state index in [0.29, 0.717) is 17.4 Å². The standard InChI is InChI=1S/C13H10FN3OS/c14-10-3-1-2-4-11(10)15-7-12-16-13(17-18-12)9-5-6-19-8-9/h1-6,8,15H,7H2. The first-order chi connectivity index (χ1) is 9.33. The number of nitrogens with one attached hydrogen (secondary N) is 1. The molecule has 0 aliphatic heterocycles. The molecule has 96 valence electrons. The van der Waals surface area contributed by atoms with Crippen molar-refractivity contribution in [3.63, 3.8) is 0 Å². The van der Waals surface area contributed by atoms with Gasteiger partial charge in [-0.1, -0.05) is 17.3 Å². The first-order valence-corrected chi connectivity index (χ1v) is 6.61. The van der Waals surface area contributed by atoms with E-state index in [1.54, 1.807) is 29.5 Å². The van der Waals surface area contributed by atoms with Crippen LogP contribution in [0.15, 0.2) is 45.6 Å². The molecule has 1 aromatic carbocycles. The van der Waals surface area contributed by atoms with Crippen molar-refractivity contribution in [2.45, 2.75) is 6.54 Å². The third-order valence-corrected chi connectivity index (χ3v) is 3.23. The number of nitrogens with zero attached hydrogens (tertiary/aromatic N) is 2. The maximum Gasteiger partial charge on any atom is 0.246 e. The van der Waals surface area contributed by atoms with Crippen molar-refractivity contribution >= 4 is 17.0 Å². The van der Waals surface area contributed by atoms with Crippen LogP contribution in [0.2, 0.25) is 0 Å². The van der Waals surface area contributed by atoms with Gasteiger partial charge in [0.1, 0.15) is 5.82 Å². The number of para-hydroxylation sites is 1. The summed E-state index contributed by atoms with van der Waals surface area (Å²) in [6, 6.07) is 8.37. The second-order valence-electron chi connectivity index (χ2n) is 3.86. The van der Waals surface area contributed by atoms with E-state index in [1.807, 2.05) is 16.8 Å². The van der Waals surface area contributed by atoms with Gasteiger partial charge in [0.25, 0.3) is 0 Å². The zero-order valence-electron chi connectivity index (χ0n) is 9.84. The molecule has 4 nitrogen and oxygen atoms in total. The van der Waals surface area contributed by atoms with Gasteiger partial charge in [0, 0.05) is 10.9 Å². The van der Waals surface area contributed by atoms with Gasteiger partial charge in [0.2, 0.25) is 11.7 Å². The second-order valence-corrected chi connectivity index (χ2v) is 4.64. The minimum atomic E-state index is -0.305. The lowest BCUT2D eigenvalue weighted by molar-refractivity contribution is 0.384. The van der Waals surface area contributed by atoms with E-state index in [-0.39, 0.29) is 12.4 Å². The van der Waals surface area contributed by atoms with Gasteiger partial charge in [-0.05, 0) is 23.6 Å². The normalized spacial score (nSPS) is 10.6. The fourth-order valence-corrected chi connectivity index (χ4v) is 2.25. The third-order valence-electron chi connectivity index (χ3n) is 2.55. The minimum Gasteiger partial charge on any atom is -0.374 e. The van der Waals surface area contributed by atoms with Crippen LogP contribution in [0.5, 0.6) is 0 Å². The highest BCUT2D eigenvalue weighted by molar-refractivity contribution is 7.08. The summed E-state index contributed by atoms with van der Waals surface area (Å²) < 4.78 is 18.5. The maximum absolute atomic E-state index is 13.4. The summed E-state index contributed by atoms with van der Waals surface area (Å²) in [5, 5.41) is 10.7. The largest absolute Gasteiger partial charge is 0.374 e. The first-order valence-electron chi connectivity index (χ1n) is 5.66. The van der Waals surface area contributed by atoms with Crippen molar-refractivity contribution in [2.24, 2.45) is 0 Å². The molecular weight excluding hydrogens is 265 g/mol. The van der Waals surface area contributed by atoms with Crippen molar-refractivity contribution in [3.8, 4) is 11.4 Å². The lowest BCUT2D eigenvalue weighted by atomic mass is 10.3. The fourth-order valence-electron chi connectivity index (χ4n) is 1.61. The highest BCUT2D eigenvalue weighted by Gasteiger charge is 2.09. The Kier molecular flexibility index (Phi) is 3.24. The molecule has 0 saturated heterocycles. The van der Waals surface area contributed by atoms with Crippen LogP contribution in [0.1, 0.15) is 5.89 Å². The zero-order valence-corrected chi connectivity index (χ0v) is 10.7. The Bertz CT molecular complexity index is 666. The van der Waals surface area contributed by atoms with Crippen LogP contribution >= 0.6 is 11.3 Å². The Hall–Kier alpha value is -2.21. The lowest BCUT2D eigenvalue weighted by Crippen LogP contribution is -2.01. The molecular formula is C13H10FN3OS. The van der Waals surface area contributed by atoms with E-state index >= 15 is 0 Å². The SMILES string of the molecule is Fc1ccccc1NCc1nc(-c2ccsc2)no1. The van der Waals surface area contributed by atoms with E-state index in [0.717, 1.165) is 5.56 Å². The average molecular weight is 275 g/mol. The number of halogens is 1. The zero-order chi connectivity index (χ0) is 13.1. The van der Waals surface area contributed by atoms with Crippen molar-refractivity contribution in [2.75, 3.05) is 5.32 Å². The quantitative estimate of drug-likeness (QED) is 0.791. The Morgan fingerprint density at radius 1 is 1.26 bits per heavy atom. The third kappa shape index (κ3) is 2.63. The highest BCUT2D eigenvalue weighted by Crippen LogP contribution is 2.19. The first kappa shape index (κ1) is 11.9. The Morgan fingerprint density at radius 3 is 2.95 bits per heavy atom. The van der Waals surface area contributed by atoms with Crippen LogP contribution in [0, 0.1) is 5.82 Å². The summed E-state index contributed by atoms with van der Waals surface area (Å²) in [6.07, 6.45) is 0. The molecule has 0 fully saturated rings. The summed E-state index contributed by atoms with van der Waals surface area (Å²) in [4.78, 5) is 4.24. The van der Waals surface area contributed by atoms with Gasteiger partial charge in [-0.25, -0.2) is 4.39 Å². The van der Waals surface area contributed by atoms with E-state index in [4.69, 9.17) is 4.52 Å². The number of anilines is 1. The number of hydrogen-bond donors (Lipinski definition) is 1. The van der Waals surface area contributed by atoms with Crippen molar-refractivity contribution in [1.82, 2.24) is 10.1 Å². The van der Waals surface area contributed by atoms with Gasteiger partial charge < -0.3 is 9.84 Å². The molecule has 0 spiro atoms. The van der Waals surface area contributed by atoms with Gasteiger partial charge in [-0.3, -0.25) is 0 Å². The lowest BCUT2D eigenvalue weighted by Gasteiger charge is -2.03. The molecule has 0 amide bonds. The Morgan fingerprint density at radius 2 is 2.16 bits per heavy atom. The van der Waals surface area contributed by atoms with Crippen LogP contribution in [-0.2, 0) is 6.54 Å². The van der Waals surface area contributed by atoms with Crippen LogP contribution in [0.25, 0.3) is 11.4 Å². The van der Waals surface area contributed by atoms with Crippen LogP contribution < -0.4 is 5.32 Å². The van der Waals surface area contributed by atoms with E-state index in [1.165, 1.54) is 6.07 Å². The van der Waals surface area contributed by atoms with Gasteiger partial charge in [0.05, 0.1) is 12.2 Å². The van der Waals surface area contributed by atoms with Crippen LogP contribution in [0.3, 0.4) is 0 Å². The number of rotatable bonds is 4. The molecule has 0 atom stereocenters. The van der Waals surface area contributed by atoms with Crippen LogP contribution in [0.4, 0.5) is 10.1 Å². The molecule has 0 bridgehead atoms. The van der Waals surface area contributed by atoms with E-state index in [2.05, 4.69) is 15.5 Å². The smallest absolute Gasteiger partial charge is 0.246 e. The molecule has 0 saturated carbocycles. The molecule has 19 heavy (non-hydrogen) atoms. The number of hydrogen-bond acceptors (Lipinski definition) is 5. The van der Waals surface area contributed by atoms with Gasteiger partial charge in [-0.15, -0.1) is 0 Å². The second kappa shape index (κ2) is 5.19. The summed E-state index contributed by atoms with van der Waals surface area (Å²) in [5.74, 6) is 0.663. The molecule has 6 heteroatoms. The Balaban J connectivity index is 1.70. The summed E-state index contributed by atoms with van der Waals surface area (Å²) in [7, 11) is 0. The number of aromatic nitrogens is 2. The highest BCUT2D eigenvalue weighted by atomic mass is 32.1. The van der Waals surface area contributed by atoms with Gasteiger partial charge in [0.15, 0.2) is 0 Å². The molecule has 0 radical (unpaired) electrons. The predicted molar refractivity (Wildman–Crippen MR) is 71.3 cm³/mol. The molecule has 1 N–H and O–H groups in total. The monoisotopic (exact) mass is 275 g/mol. The summed E-state index contributed by atoms with van der Waals surface area (Å²) in [6.45, 7) is 0.290. The molecule has 0 aliphatic rings. The summed E-state index contributed by atoms with van der Waals surface area (Å²) >= 11 is 1.57.